The van der Waals surface area contributed by atoms with Gasteiger partial charge in [-0.05, 0) is 78.7 Å². The summed E-state index contributed by atoms with van der Waals surface area (Å²) < 4.78 is 11.2. The standard InChI is InChI=1S/C18H19BrNO4/c1-18(2,3)24-17(22)20-11-13(8-9-19)10-16(12-20)23-15-6-4-14(21)5-7-15/h4-8,10-11,21H,12H2,1-3H3. The molecule has 2 rings (SSSR count). The lowest BCUT2D eigenvalue weighted by Crippen LogP contribution is -2.36. The summed E-state index contributed by atoms with van der Waals surface area (Å²) in [5.41, 5.74) is 0.152. The van der Waals surface area contributed by atoms with Crippen LogP contribution in [0.1, 0.15) is 20.8 Å². The van der Waals surface area contributed by atoms with Crippen molar-refractivity contribution in [3.8, 4) is 11.5 Å². The van der Waals surface area contributed by atoms with Gasteiger partial charge in [-0.2, -0.15) is 0 Å². The third-order valence-electron chi connectivity index (χ3n) is 2.89. The minimum absolute atomic E-state index is 0.160. The number of allylic oxidation sites excluding steroid dienone is 3. The van der Waals surface area contributed by atoms with Gasteiger partial charge >= 0.3 is 6.09 Å². The number of phenolic OH excluding ortho intramolecular Hbond substituents is 1. The van der Waals surface area contributed by atoms with Crippen LogP contribution in [0, 0.1) is 4.99 Å². The van der Waals surface area contributed by atoms with Crippen LogP contribution in [-0.2, 0) is 4.74 Å². The van der Waals surface area contributed by atoms with Crippen molar-refractivity contribution in [1.82, 2.24) is 4.90 Å². The van der Waals surface area contributed by atoms with Crippen LogP contribution in [0.15, 0.2) is 53.9 Å². The number of nitrogens with zero attached hydrogens (tertiary/aromatic N) is 1. The van der Waals surface area contributed by atoms with E-state index in [0.29, 0.717) is 11.5 Å². The number of carbonyl (C=O) groups is 1. The Balaban J connectivity index is 2.18. The number of halogens is 1. The van der Waals surface area contributed by atoms with Crippen molar-refractivity contribution in [2.24, 2.45) is 0 Å². The van der Waals surface area contributed by atoms with Gasteiger partial charge in [-0.3, -0.25) is 4.90 Å². The highest BCUT2D eigenvalue weighted by Gasteiger charge is 2.24. The molecule has 1 aromatic rings. The molecule has 1 N–H and O–H groups in total. The molecule has 1 aliphatic rings. The number of aromatic hydroxyl groups is 1. The highest BCUT2D eigenvalue weighted by atomic mass is 79.9. The van der Waals surface area contributed by atoms with Gasteiger partial charge in [0.15, 0.2) is 0 Å². The number of amides is 1. The first kappa shape index (κ1) is 18.1. The quantitative estimate of drug-likeness (QED) is 0.822. The van der Waals surface area contributed by atoms with Crippen molar-refractivity contribution in [3.63, 3.8) is 0 Å². The molecule has 1 heterocycles. The fourth-order valence-corrected chi connectivity index (χ4v) is 2.23. The van der Waals surface area contributed by atoms with E-state index in [9.17, 15) is 9.90 Å². The second-order valence-corrected chi connectivity index (χ2v) is 6.66. The van der Waals surface area contributed by atoms with E-state index in [1.54, 1.807) is 24.4 Å². The van der Waals surface area contributed by atoms with Crippen LogP contribution in [0.25, 0.3) is 0 Å². The van der Waals surface area contributed by atoms with Crippen molar-refractivity contribution in [2.75, 3.05) is 6.54 Å². The Labute approximate surface area is 150 Å². The van der Waals surface area contributed by atoms with E-state index in [1.807, 2.05) is 26.8 Å². The summed E-state index contributed by atoms with van der Waals surface area (Å²) in [4.78, 5) is 16.5. The number of hydrogen-bond acceptors (Lipinski definition) is 4. The van der Waals surface area contributed by atoms with E-state index in [4.69, 9.17) is 9.47 Å². The maximum Gasteiger partial charge on any atom is 0.414 e. The predicted molar refractivity (Wildman–Crippen MR) is 94.6 cm³/mol. The van der Waals surface area contributed by atoms with Crippen molar-refractivity contribution >= 4 is 22.0 Å². The van der Waals surface area contributed by atoms with Gasteiger partial charge in [0.25, 0.3) is 0 Å². The molecule has 0 aliphatic carbocycles. The zero-order valence-corrected chi connectivity index (χ0v) is 15.3. The maximum absolute atomic E-state index is 12.3. The zero-order chi connectivity index (χ0) is 17.7. The molecule has 1 aromatic carbocycles. The lowest BCUT2D eigenvalue weighted by atomic mass is 10.2. The Bertz CT molecular complexity index is 684. The minimum atomic E-state index is -0.582. The smallest absolute Gasteiger partial charge is 0.414 e. The van der Waals surface area contributed by atoms with Crippen LogP contribution < -0.4 is 4.74 Å². The molecule has 0 aromatic heterocycles. The average molecular weight is 393 g/mol. The molecule has 5 nitrogen and oxygen atoms in total. The summed E-state index contributed by atoms with van der Waals surface area (Å²) in [7, 11) is 0. The van der Waals surface area contributed by atoms with Gasteiger partial charge < -0.3 is 14.6 Å². The lowest BCUT2D eigenvalue weighted by molar-refractivity contribution is 0.0332. The Hall–Kier alpha value is -2.21. The van der Waals surface area contributed by atoms with Gasteiger partial charge in [0.2, 0.25) is 0 Å². The van der Waals surface area contributed by atoms with Gasteiger partial charge in [-0.25, -0.2) is 4.79 Å². The van der Waals surface area contributed by atoms with Crippen LogP contribution in [0.5, 0.6) is 11.5 Å². The second-order valence-electron chi connectivity index (χ2n) is 6.20. The number of hydrogen-bond donors (Lipinski definition) is 1. The monoisotopic (exact) mass is 392 g/mol. The van der Waals surface area contributed by atoms with Gasteiger partial charge in [-0.15, -0.1) is 0 Å². The minimum Gasteiger partial charge on any atom is -0.508 e. The van der Waals surface area contributed by atoms with Crippen molar-refractivity contribution in [1.29, 1.82) is 0 Å². The lowest BCUT2D eigenvalue weighted by Gasteiger charge is -2.28. The molecule has 0 atom stereocenters. The topological polar surface area (TPSA) is 59.0 Å². The normalized spacial score (nSPS) is 15.1. The highest BCUT2D eigenvalue weighted by Crippen LogP contribution is 2.23. The van der Waals surface area contributed by atoms with E-state index in [0.717, 1.165) is 5.57 Å². The van der Waals surface area contributed by atoms with E-state index in [1.165, 1.54) is 17.0 Å². The number of ether oxygens (including phenoxy) is 2. The number of phenols is 1. The Morgan fingerprint density at radius 3 is 2.58 bits per heavy atom. The molecule has 1 radical (unpaired) electrons. The summed E-state index contributed by atoms with van der Waals surface area (Å²) >= 11 is 3.11. The molecule has 24 heavy (non-hydrogen) atoms. The molecular formula is C18H19BrNO4. The van der Waals surface area contributed by atoms with Gasteiger partial charge in [0.05, 0.1) is 6.54 Å². The average Bonchev–Trinajstić information content (AvgIpc) is 2.48. The molecule has 0 unspecified atom stereocenters. The Morgan fingerprint density at radius 1 is 1.33 bits per heavy atom. The second kappa shape index (κ2) is 7.57. The molecular weight excluding hydrogens is 374 g/mol. The largest absolute Gasteiger partial charge is 0.508 e. The summed E-state index contributed by atoms with van der Waals surface area (Å²) in [6.45, 7) is 5.69. The predicted octanol–water partition coefficient (Wildman–Crippen LogP) is 4.50. The van der Waals surface area contributed by atoms with Crippen LogP contribution in [0.4, 0.5) is 4.79 Å². The molecule has 0 saturated heterocycles. The van der Waals surface area contributed by atoms with E-state index in [2.05, 4.69) is 20.9 Å². The van der Waals surface area contributed by atoms with Crippen molar-refractivity contribution < 1.29 is 19.4 Å². The first-order chi connectivity index (χ1) is 11.3. The Kier molecular flexibility index (Phi) is 5.72. The molecule has 127 valence electrons. The van der Waals surface area contributed by atoms with Gasteiger partial charge in [0.1, 0.15) is 22.9 Å². The first-order valence-corrected chi connectivity index (χ1v) is 8.14. The summed E-state index contributed by atoms with van der Waals surface area (Å²) in [6, 6.07) is 6.37. The maximum atomic E-state index is 12.3. The summed E-state index contributed by atoms with van der Waals surface area (Å²) in [5.74, 6) is 1.30. The first-order valence-electron chi connectivity index (χ1n) is 7.35. The molecule has 1 aliphatic heterocycles. The third kappa shape index (κ3) is 5.45. The van der Waals surface area contributed by atoms with E-state index in [-0.39, 0.29) is 12.3 Å². The van der Waals surface area contributed by atoms with Crippen molar-refractivity contribution in [3.05, 3.63) is 58.9 Å². The Morgan fingerprint density at radius 2 is 2.00 bits per heavy atom. The van der Waals surface area contributed by atoms with E-state index < -0.39 is 11.7 Å². The van der Waals surface area contributed by atoms with Crippen molar-refractivity contribution in [2.45, 2.75) is 26.4 Å². The van der Waals surface area contributed by atoms with Crippen LogP contribution >= 0.6 is 15.9 Å². The number of benzene rings is 1. The molecule has 0 spiro atoms. The SMILES string of the molecule is CC(C)(C)OC(=O)N1C=C(C=[C]Br)C=C(Oc2ccc(O)cc2)C1. The molecule has 0 bridgehead atoms. The summed E-state index contributed by atoms with van der Waals surface area (Å²) in [5, 5.41) is 9.33. The number of rotatable bonds is 3. The molecule has 1 amide bonds. The molecule has 0 fully saturated rings. The van der Waals surface area contributed by atoms with Crippen LogP contribution in [0.2, 0.25) is 0 Å². The highest BCUT2D eigenvalue weighted by molar-refractivity contribution is 9.10. The van der Waals surface area contributed by atoms with Gasteiger partial charge in [0, 0.05) is 11.2 Å². The van der Waals surface area contributed by atoms with E-state index >= 15 is 0 Å². The number of carbonyl (C=O) groups excluding carboxylic acids is 1. The molecule has 0 saturated carbocycles. The van der Waals surface area contributed by atoms with Crippen LogP contribution in [-0.4, -0.2) is 28.2 Å². The third-order valence-corrected chi connectivity index (χ3v) is 3.12. The zero-order valence-electron chi connectivity index (χ0n) is 13.7. The molecule has 6 heteroatoms. The summed E-state index contributed by atoms with van der Waals surface area (Å²) in [6.07, 6.45) is 4.70. The fraction of sp³-hybridized carbons (Fsp3) is 0.278. The fourth-order valence-electron chi connectivity index (χ4n) is 1.97. The van der Waals surface area contributed by atoms with Crippen LogP contribution in [0.3, 0.4) is 0 Å². The van der Waals surface area contributed by atoms with Gasteiger partial charge in [-0.1, -0.05) is 0 Å².